The van der Waals surface area contributed by atoms with E-state index in [9.17, 15) is 19.5 Å². The summed E-state index contributed by atoms with van der Waals surface area (Å²) >= 11 is 0. The monoisotopic (exact) mass is 480 g/mol. The number of fused-ring (bicyclic) bond motifs is 3. The van der Waals surface area contributed by atoms with Crippen molar-refractivity contribution >= 4 is 18.0 Å². The summed E-state index contributed by atoms with van der Waals surface area (Å²) < 4.78 is 16.4. The van der Waals surface area contributed by atoms with Crippen LogP contribution in [0.15, 0.2) is 48.5 Å². The Hall–Kier alpha value is -3.43. The Balaban J connectivity index is 1.21. The molecule has 2 N–H and O–H groups in total. The number of nitrogens with zero attached hydrogens (tertiary/aromatic N) is 1. The lowest BCUT2D eigenvalue weighted by Crippen LogP contribution is -2.49. The van der Waals surface area contributed by atoms with Gasteiger partial charge in [-0.15, -0.1) is 0 Å². The molecule has 3 unspecified atom stereocenters. The van der Waals surface area contributed by atoms with E-state index in [4.69, 9.17) is 14.2 Å². The summed E-state index contributed by atoms with van der Waals surface area (Å²) in [5, 5.41) is 12.1. The Morgan fingerprint density at radius 3 is 2.34 bits per heavy atom. The average molecular weight is 481 g/mol. The number of carbonyl (C=O) groups excluding carboxylic acids is 2. The second-order valence-corrected chi connectivity index (χ2v) is 9.11. The molecule has 1 aliphatic carbocycles. The first-order chi connectivity index (χ1) is 17.0. The summed E-state index contributed by atoms with van der Waals surface area (Å²) in [6.07, 6.45) is -0.609. The van der Waals surface area contributed by atoms with Crippen molar-refractivity contribution in [2.45, 2.75) is 12.0 Å². The van der Waals surface area contributed by atoms with Crippen LogP contribution in [0.5, 0.6) is 0 Å². The molecule has 2 saturated heterocycles. The number of benzene rings is 2. The van der Waals surface area contributed by atoms with Crippen molar-refractivity contribution in [2.24, 2.45) is 11.8 Å². The van der Waals surface area contributed by atoms with Crippen LogP contribution in [0.3, 0.4) is 0 Å². The molecular weight excluding hydrogens is 452 g/mol. The molecule has 0 bridgehead atoms. The average Bonchev–Trinajstić information content (AvgIpc) is 3.35. The molecule has 2 aliphatic heterocycles. The predicted octanol–water partition coefficient (Wildman–Crippen LogP) is 2.10. The maximum Gasteiger partial charge on any atom is 0.407 e. The van der Waals surface area contributed by atoms with Gasteiger partial charge in [-0.05, 0) is 22.3 Å². The third-order valence-corrected chi connectivity index (χ3v) is 6.97. The molecule has 2 aromatic carbocycles. The minimum absolute atomic E-state index is 0.0598. The smallest absolute Gasteiger partial charge is 0.407 e. The zero-order valence-electron chi connectivity index (χ0n) is 19.2. The second-order valence-electron chi connectivity index (χ2n) is 9.11. The molecule has 9 heteroatoms. The van der Waals surface area contributed by atoms with Crippen LogP contribution in [-0.4, -0.2) is 80.1 Å². The van der Waals surface area contributed by atoms with Crippen LogP contribution in [-0.2, 0) is 23.8 Å². The van der Waals surface area contributed by atoms with E-state index < -0.39 is 29.9 Å². The molecule has 35 heavy (non-hydrogen) atoms. The Morgan fingerprint density at radius 2 is 1.66 bits per heavy atom. The Morgan fingerprint density at radius 1 is 0.971 bits per heavy atom. The number of alkyl carbamates (subject to hydrolysis) is 1. The molecule has 184 valence electrons. The van der Waals surface area contributed by atoms with Gasteiger partial charge >= 0.3 is 12.1 Å². The molecule has 2 heterocycles. The Kier molecular flexibility index (Phi) is 6.70. The van der Waals surface area contributed by atoms with Gasteiger partial charge < -0.3 is 29.5 Å². The SMILES string of the molecule is O=C(NC1COCC1C(=O)N1CCOCC(C(=O)O)C1)OCC1c2ccccc2-c2ccccc21. The van der Waals surface area contributed by atoms with Crippen LogP contribution in [0.2, 0.25) is 0 Å². The number of hydrogen-bond donors (Lipinski definition) is 2. The summed E-state index contributed by atoms with van der Waals surface area (Å²) in [5.41, 5.74) is 4.53. The van der Waals surface area contributed by atoms with Crippen LogP contribution in [0.25, 0.3) is 11.1 Å². The number of carboxylic acids is 1. The van der Waals surface area contributed by atoms with Gasteiger partial charge in [-0.25, -0.2) is 4.79 Å². The van der Waals surface area contributed by atoms with Crippen LogP contribution in [0, 0.1) is 11.8 Å². The van der Waals surface area contributed by atoms with Crippen molar-refractivity contribution in [3.05, 3.63) is 59.7 Å². The van der Waals surface area contributed by atoms with Gasteiger partial charge in [0.1, 0.15) is 6.61 Å². The van der Waals surface area contributed by atoms with E-state index >= 15 is 0 Å². The maximum absolute atomic E-state index is 13.2. The molecule has 5 rings (SSSR count). The van der Waals surface area contributed by atoms with E-state index in [0.29, 0.717) is 6.54 Å². The summed E-state index contributed by atoms with van der Waals surface area (Å²) in [6.45, 7) is 1.24. The zero-order valence-corrected chi connectivity index (χ0v) is 19.2. The van der Waals surface area contributed by atoms with Crippen molar-refractivity contribution in [1.29, 1.82) is 0 Å². The highest BCUT2D eigenvalue weighted by atomic mass is 16.5. The number of nitrogens with one attached hydrogen (secondary N) is 1. The molecule has 0 radical (unpaired) electrons. The van der Waals surface area contributed by atoms with Gasteiger partial charge in [-0.2, -0.15) is 0 Å². The highest BCUT2D eigenvalue weighted by Gasteiger charge is 2.40. The fraction of sp³-hybridized carbons (Fsp3) is 0.423. The molecule has 0 saturated carbocycles. The molecule has 2 amide bonds. The van der Waals surface area contributed by atoms with Gasteiger partial charge in [0.25, 0.3) is 0 Å². The van der Waals surface area contributed by atoms with Crippen LogP contribution in [0.1, 0.15) is 17.0 Å². The largest absolute Gasteiger partial charge is 0.481 e. The lowest BCUT2D eigenvalue weighted by atomic mass is 9.98. The number of ether oxygens (including phenoxy) is 3. The number of amides is 2. The number of rotatable bonds is 5. The Labute approximate surface area is 203 Å². The maximum atomic E-state index is 13.2. The summed E-state index contributed by atoms with van der Waals surface area (Å²) in [5.74, 6) is -2.69. The van der Waals surface area contributed by atoms with Gasteiger partial charge in [-0.3, -0.25) is 9.59 Å². The molecule has 0 spiro atoms. The third-order valence-electron chi connectivity index (χ3n) is 6.97. The van der Waals surface area contributed by atoms with Crippen molar-refractivity contribution in [3.63, 3.8) is 0 Å². The molecule has 3 atom stereocenters. The topological polar surface area (TPSA) is 114 Å². The Bertz CT molecular complexity index is 1070. The van der Waals surface area contributed by atoms with Gasteiger partial charge in [-0.1, -0.05) is 48.5 Å². The molecule has 2 aromatic rings. The molecular formula is C26H28N2O7. The molecule has 2 fully saturated rings. The number of hydrogen-bond acceptors (Lipinski definition) is 6. The van der Waals surface area contributed by atoms with Crippen molar-refractivity contribution in [3.8, 4) is 11.1 Å². The first-order valence-electron chi connectivity index (χ1n) is 11.8. The van der Waals surface area contributed by atoms with Crippen LogP contribution >= 0.6 is 0 Å². The second kappa shape index (κ2) is 10.1. The van der Waals surface area contributed by atoms with E-state index in [1.54, 1.807) is 0 Å². The minimum atomic E-state index is -0.999. The first-order valence-corrected chi connectivity index (χ1v) is 11.8. The number of carboxylic acid groups (broad SMARTS) is 1. The highest BCUT2D eigenvalue weighted by molar-refractivity contribution is 5.82. The van der Waals surface area contributed by atoms with E-state index in [0.717, 1.165) is 22.3 Å². The fourth-order valence-corrected chi connectivity index (χ4v) is 5.13. The van der Waals surface area contributed by atoms with Crippen molar-refractivity contribution < 1.29 is 33.7 Å². The zero-order chi connectivity index (χ0) is 24.4. The third kappa shape index (κ3) is 4.74. The first kappa shape index (κ1) is 23.3. The van der Waals surface area contributed by atoms with Crippen LogP contribution in [0.4, 0.5) is 4.79 Å². The van der Waals surface area contributed by atoms with Crippen LogP contribution < -0.4 is 5.32 Å². The molecule has 9 nitrogen and oxygen atoms in total. The van der Waals surface area contributed by atoms with Crippen molar-refractivity contribution in [1.82, 2.24) is 10.2 Å². The quantitative estimate of drug-likeness (QED) is 0.674. The molecule has 0 aromatic heterocycles. The van der Waals surface area contributed by atoms with E-state index in [2.05, 4.69) is 29.6 Å². The van der Waals surface area contributed by atoms with Crippen molar-refractivity contribution in [2.75, 3.05) is 46.1 Å². The van der Waals surface area contributed by atoms with E-state index in [1.807, 2.05) is 24.3 Å². The number of aliphatic carboxylic acids is 1. The summed E-state index contributed by atoms with van der Waals surface area (Å²) in [4.78, 5) is 38.8. The van der Waals surface area contributed by atoms with Gasteiger partial charge in [0.05, 0.1) is 44.3 Å². The summed E-state index contributed by atoms with van der Waals surface area (Å²) in [7, 11) is 0. The lowest BCUT2D eigenvalue weighted by molar-refractivity contribution is -0.144. The standard InChI is InChI=1S/C26H28N2O7/c29-24(28-9-10-33-12-16(11-28)25(30)31)22-13-34-15-23(22)27-26(32)35-14-21-19-7-3-1-5-17(19)18-6-2-4-8-20(18)21/h1-8,16,21-23H,9-15H2,(H,27,32)(H,30,31). The fourth-order valence-electron chi connectivity index (χ4n) is 5.13. The normalized spacial score (nSPS) is 23.8. The van der Waals surface area contributed by atoms with E-state index in [1.165, 1.54) is 4.90 Å². The van der Waals surface area contributed by atoms with Gasteiger partial charge in [0.15, 0.2) is 0 Å². The van der Waals surface area contributed by atoms with Gasteiger partial charge in [0, 0.05) is 19.0 Å². The van der Waals surface area contributed by atoms with E-state index in [-0.39, 0.29) is 51.4 Å². The predicted molar refractivity (Wildman–Crippen MR) is 125 cm³/mol. The number of carbonyl (C=O) groups is 3. The highest BCUT2D eigenvalue weighted by Crippen LogP contribution is 2.44. The van der Waals surface area contributed by atoms with Gasteiger partial charge in [0.2, 0.25) is 5.91 Å². The lowest BCUT2D eigenvalue weighted by Gasteiger charge is -2.27. The summed E-state index contributed by atoms with van der Waals surface area (Å²) in [6, 6.07) is 15.7. The molecule has 3 aliphatic rings. The minimum Gasteiger partial charge on any atom is -0.481 e.